The van der Waals surface area contributed by atoms with E-state index in [2.05, 4.69) is 20.2 Å². The third-order valence-electron chi connectivity index (χ3n) is 5.49. The van der Waals surface area contributed by atoms with Crippen molar-refractivity contribution in [2.24, 2.45) is 0 Å². The molecule has 4 rings (SSSR count). The average molecular weight is 461 g/mol. The molecule has 8 heteroatoms. The summed E-state index contributed by atoms with van der Waals surface area (Å²) in [7, 11) is -3.76. The highest BCUT2D eigenvalue weighted by Gasteiger charge is 2.16. The number of carbonyl (C=O) groups is 1. The van der Waals surface area contributed by atoms with Crippen LogP contribution in [0.3, 0.4) is 0 Å². The molecule has 168 valence electrons. The smallest absolute Gasteiger partial charge is 0.261 e. The number of carbonyl (C=O) groups excluding carboxylic acids is 1. The Kier molecular flexibility index (Phi) is 6.28. The summed E-state index contributed by atoms with van der Waals surface area (Å²) < 4.78 is 28.1. The number of nitrogens with zero attached hydrogens (tertiary/aromatic N) is 1. The Morgan fingerprint density at radius 1 is 0.939 bits per heavy atom. The molecule has 0 atom stereocenters. The molecule has 7 nitrogen and oxygen atoms in total. The summed E-state index contributed by atoms with van der Waals surface area (Å²) in [6.07, 6.45) is 1.69. The molecule has 0 unspecified atom stereocenters. The van der Waals surface area contributed by atoms with Crippen molar-refractivity contribution in [3.63, 3.8) is 0 Å². The van der Waals surface area contributed by atoms with Gasteiger partial charge in [0.05, 0.1) is 16.3 Å². The first-order valence-electron chi connectivity index (χ1n) is 10.4. The monoisotopic (exact) mass is 460 g/mol. The third-order valence-corrected chi connectivity index (χ3v) is 6.88. The van der Waals surface area contributed by atoms with E-state index in [0.717, 1.165) is 27.9 Å². The minimum Gasteiger partial charge on any atom is -0.348 e. The number of benzene rings is 3. The van der Waals surface area contributed by atoms with Crippen molar-refractivity contribution < 1.29 is 13.2 Å². The van der Waals surface area contributed by atoms with Gasteiger partial charge in [-0.3, -0.25) is 14.6 Å². The van der Waals surface area contributed by atoms with Gasteiger partial charge in [-0.1, -0.05) is 36.4 Å². The summed E-state index contributed by atoms with van der Waals surface area (Å²) >= 11 is 0. The van der Waals surface area contributed by atoms with E-state index in [9.17, 15) is 13.2 Å². The minimum atomic E-state index is -3.76. The molecular formula is C25H24N4O3S. The van der Waals surface area contributed by atoms with Gasteiger partial charge < -0.3 is 5.32 Å². The fraction of sp³-hybridized carbons (Fsp3) is 0.120. The van der Waals surface area contributed by atoms with Crippen molar-refractivity contribution in [3.8, 4) is 11.3 Å². The summed E-state index contributed by atoms with van der Waals surface area (Å²) in [5.74, 6) is -0.279. The highest BCUT2D eigenvalue weighted by molar-refractivity contribution is 7.92. The Morgan fingerprint density at radius 2 is 1.67 bits per heavy atom. The van der Waals surface area contributed by atoms with Gasteiger partial charge in [-0.15, -0.1) is 0 Å². The van der Waals surface area contributed by atoms with Crippen molar-refractivity contribution >= 4 is 21.6 Å². The van der Waals surface area contributed by atoms with Gasteiger partial charge >= 0.3 is 0 Å². The van der Waals surface area contributed by atoms with E-state index >= 15 is 0 Å². The normalized spacial score (nSPS) is 11.2. The molecule has 33 heavy (non-hydrogen) atoms. The van der Waals surface area contributed by atoms with Crippen LogP contribution in [0.2, 0.25) is 0 Å². The zero-order valence-corrected chi connectivity index (χ0v) is 19.1. The van der Waals surface area contributed by atoms with Crippen LogP contribution in [0, 0.1) is 13.8 Å². The number of anilines is 1. The van der Waals surface area contributed by atoms with Crippen LogP contribution in [0.4, 0.5) is 5.69 Å². The number of rotatable bonds is 7. The SMILES string of the molecule is Cc1cccc(NS(=O)(=O)c2ccc(C(=O)NCc3ccc(-c4ccn[nH]4)cc3)cc2)c1C. The molecule has 0 fully saturated rings. The zero-order chi connectivity index (χ0) is 23.4. The lowest BCUT2D eigenvalue weighted by atomic mass is 10.1. The molecule has 1 heterocycles. The van der Waals surface area contributed by atoms with Crippen LogP contribution < -0.4 is 10.0 Å². The van der Waals surface area contributed by atoms with E-state index in [-0.39, 0.29) is 10.8 Å². The standard InChI is InChI=1S/C25H24N4O3S/c1-17-4-3-5-23(18(17)2)29-33(31,32)22-12-10-21(11-13-22)25(30)26-16-19-6-8-20(9-7-19)24-14-15-27-28-24/h3-15,29H,16H2,1-2H3,(H,26,30)(H,27,28). The van der Waals surface area contributed by atoms with Gasteiger partial charge in [0.15, 0.2) is 0 Å². The number of aryl methyl sites for hydroxylation is 1. The van der Waals surface area contributed by atoms with Crippen LogP contribution in [0.1, 0.15) is 27.0 Å². The van der Waals surface area contributed by atoms with E-state index in [1.165, 1.54) is 24.3 Å². The average Bonchev–Trinajstić information content (AvgIpc) is 3.36. The van der Waals surface area contributed by atoms with E-state index in [0.29, 0.717) is 17.8 Å². The Hall–Kier alpha value is -3.91. The number of sulfonamides is 1. The highest BCUT2D eigenvalue weighted by atomic mass is 32.2. The first-order chi connectivity index (χ1) is 15.8. The Bertz CT molecular complexity index is 1360. The second-order valence-electron chi connectivity index (χ2n) is 7.73. The number of nitrogens with one attached hydrogen (secondary N) is 3. The minimum absolute atomic E-state index is 0.0920. The first kappa shape index (κ1) is 22.3. The lowest BCUT2D eigenvalue weighted by Gasteiger charge is -2.12. The zero-order valence-electron chi connectivity index (χ0n) is 18.3. The molecule has 0 aliphatic heterocycles. The molecule has 0 spiro atoms. The van der Waals surface area contributed by atoms with Gasteiger partial charge in [-0.05, 0) is 72.5 Å². The number of aromatic nitrogens is 2. The summed E-state index contributed by atoms with van der Waals surface area (Å²) in [6, 6.07) is 21.0. The van der Waals surface area contributed by atoms with Crippen molar-refractivity contribution in [1.82, 2.24) is 15.5 Å². The maximum atomic E-state index is 12.8. The molecule has 0 radical (unpaired) electrons. The Labute approximate surface area is 192 Å². The maximum absolute atomic E-state index is 12.8. The van der Waals surface area contributed by atoms with Gasteiger partial charge in [-0.25, -0.2) is 8.42 Å². The number of H-pyrrole nitrogens is 1. The van der Waals surface area contributed by atoms with Gasteiger partial charge in [0.25, 0.3) is 15.9 Å². The third kappa shape index (κ3) is 5.12. The summed E-state index contributed by atoms with van der Waals surface area (Å²) in [5.41, 5.74) is 5.67. The van der Waals surface area contributed by atoms with Gasteiger partial charge in [-0.2, -0.15) is 5.10 Å². The molecule has 4 aromatic rings. The predicted molar refractivity (Wildman–Crippen MR) is 128 cm³/mol. The summed E-state index contributed by atoms with van der Waals surface area (Å²) in [6.45, 7) is 4.15. The van der Waals surface area contributed by atoms with Crippen LogP contribution >= 0.6 is 0 Å². The van der Waals surface area contributed by atoms with E-state index < -0.39 is 10.0 Å². The fourth-order valence-corrected chi connectivity index (χ4v) is 4.48. The van der Waals surface area contributed by atoms with Gasteiger partial charge in [0.2, 0.25) is 0 Å². The molecule has 3 aromatic carbocycles. The second kappa shape index (κ2) is 9.30. The van der Waals surface area contributed by atoms with E-state index in [4.69, 9.17) is 0 Å². The van der Waals surface area contributed by atoms with E-state index in [1.807, 2.05) is 50.2 Å². The summed E-state index contributed by atoms with van der Waals surface area (Å²) in [4.78, 5) is 12.6. The van der Waals surface area contributed by atoms with Crippen molar-refractivity contribution in [2.45, 2.75) is 25.3 Å². The summed E-state index contributed by atoms with van der Waals surface area (Å²) in [5, 5.41) is 9.71. The van der Waals surface area contributed by atoms with E-state index in [1.54, 1.807) is 18.3 Å². The molecule has 0 aliphatic rings. The largest absolute Gasteiger partial charge is 0.348 e. The fourth-order valence-electron chi connectivity index (χ4n) is 3.35. The van der Waals surface area contributed by atoms with Crippen LogP contribution in [0.25, 0.3) is 11.3 Å². The number of hydrogen-bond donors (Lipinski definition) is 3. The van der Waals surface area contributed by atoms with Crippen molar-refractivity contribution in [3.05, 3.63) is 101 Å². The van der Waals surface area contributed by atoms with Crippen LogP contribution in [0.15, 0.2) is 83.9 Å². The van der Waals surface area contributed by atoms with Crippen LogP contribution in [0.5, 0.6) is 0 Å². The van der Waals surface area contributed by atoms with Crippen LogP contribution in [-0.2, 0) is 16.6 Å². The van der Waals surface area contributed by atoms with Crippen LogP contribution in [-0.4, -0.2) is 24.5 Å². The molecule has 1 aromatic heterocycles. The topological polar surface area (TPSA) is 104 Å². The number of hydrogen-bond acceptors (Lipinski definition) is 4. The molecular weight excluding hydrogens is 436 g/mol. The lowest BCUT2D eigenvalue weighted by Crippen LogP contribution is -2.23. The molecule has 0 saturated carbocycles. The molecule has 0 saturated heterocycles. The molecule has 3 N–H and O–H groups in total. The van der Waals surface area contributed by atoms with Crippen molar-refractivity contribution in [2.75, 3.05) is 4.72 Å². The lowest BCUT2D eigenvalue weighted by molar-refractivity contribution is 0.0951. The Balaban J connectivity index is 1.39. The molecule has 1 amide bonds. The van der Waals surface area contributed by atoms with Crippen molar-refractivity contribution in [1.29, 1.82) is 0 Å². The maximum Gasteiger partial charge on any atom is 0.261 e. The Morgan fingerprint density at radius 3 is 2.33 bits per heavy atom. The molecule has 0 bridgehead atoms. The quantitative estimate of drug-likeness (QED) is 0.380. The van der Waals surface area contributed by atoms with Gasteiger partial charge in [0.1, 0.15) is 0 Å². The second-order valence-corrected chi connectivity index (χ2v) is 9.41. The number of amides is 1. The molecule has 0 aliphatic carbocycles. The predicted octanol–water partition coefficient (Wildman–Crippen LogP) is 4.42. The van der Waals surface area contributed by atoms with Gasteiger partial charge in [0, 0.05) is 18.3 Å². The highest BCUT2D eigenvalue weighted by Crippen LogP contribution is 2.22. The first-order valence-corrected chi connectivity index (χ1v) is 11.9. The number of aromatic amines is 1.